The summed E-state index contributed by atoms with van der Waals surface area (Å²) in [5.41, 5.74) is -0.0826. The molecule has 0 radical (unpaired) electrons. The van der Waals surface area contributed by atoms with Crippen LogP contribution >= 0.6 is 67.8 Å². The molecular weight excluding hydrogens is 908 g/mol. The van der Waals surface area contributed by atoms with Crippen molar-refractivity contribution >= 4 is 83.1 Å². The van der Waals surface area contributed by atoms with Crippen molar-refractivity contribution in [2.24, 2.45) is 34.0 Å². The predicted molar refractivity (Wildman–Crippen MR) is 163 cm³/mol. The zero-order chi connectivity index (χ0) is 26.7. The van der Waals surface area contributed by atoms with E-state index in [1.54, 1.807) is 6.08 Å². The summed E-state index contributed by atoms with van der Waals surface area (Å²) in [6.45, 7) is 8.70. The number of carbonyl (C=O) groups excluding carboxylic acids is 3. The fourth-order valence-electron chi connectivity index (χ4n) is 9.42. The van der Waals surface area contributed by atoms with Gasteiger partial charge in [0.15, 0.2) is 0 Å². The van der Waals surface area contributed by atoms with Crippen LogP contribution < -0.4 is 21.2 Å². The first kappa shape index (κ1) is 28.7. The summed E-state index contributed by atoms with van der Waals surface area (Å²) in [5.74, 6) is 0.218. The average molecular weight is 943 g/mol. The molecule has 9 atom stereocenters. The van der Waals surface area contributed by atoms with E-state index >= 15 is 0 Å². The minimum atomic E-state index is -0.712. The molecule has 8 heteroatoms. The molecule has 5 rings (SSSR count). The molecule has 3 saturated carbocycles. The molecule has 0 aliphatic heterocycles. The van der Waals surface area contributed by atoms with Crippen LogP contribution in [0.1, 0.15) is 72.6 Å². The van der Waals surface area contributed by atoms with E-state index in [4.69, 9.17) is 0 Å². The van der Waals surface area contributed by atoms with Gasteiger partial charge in [0.1, 0.15) is 0 Å². The molecule has 0 saturated heterocycles. The molecule has 5 aliphatic rings. The van der Waals surface area contributed by atoms with E-state index in [1.807, 2.05) is 13.0 Å². The summed E-state index contributed by atoms with van der Waals surface area (Å²) in [4.78, 5) is 43.4. The van der Waals surface area contributed by atoms with Crippen molar-refractivity contribution < 1.29 is 40.7 Å². The van der Waals surface area contributed by atoms with Crippen molar-refractivity contribution in [2.45, 2.75) is 82.9 Å². The van der Waals surface area contributed by atoms with Gasteiger partial charge in [-0.3, -0.25) is 0 Å². The number of alkyl halides is 4. The van der Waals surface area contributed by atoms with E-state index in [2.05, 4.69) is 93.5 Å². The van der Waals surface area contributed by atoms with Gasteiger partial charge in [0.05, 0.1) is 0 Å². The van der Waals surface area contributed by atoms with Crippen LogP contribution in [0.15, 0.2) is 23.5 Å². The summed E-state index contributed by atoms with van der Waals surface area (Å²) in [6.07, 6.45) is 10.3. The molecule has 0 heterocycles. The zero-order valence-corrected chi connectivity index (χ0v) is 30.2. The first-order valence-electron chi connectivity index (χ1n) is 12.9. The topological polar surface area (TPSA) is 71.4 Å². The number of hydrogen-bond donors (Lipinski definition) is 1. The standard InChI is InChI=1S/C28H35I4O4/c1-15-7-6-10-26(22(36)32-5)12-9-18-23(2)11-8-17-24(3,14-16(33)21(35)25(17,4)29)19(23)13-20(34)27(18,30)28(15,26)31/h13-15,17-18,33H,6-12H2,1-5H3/q-1. The number of carbonyl (C=O) groups is 3. The SMILES string of the molecule is C[I-]C(=O)C12CCCC(C)C1(I)C1(I)C(=O)C=C3C4(C)C=C(O)C(=O)C(C)(I)C4CCC3(C)C1CC2. The van der Waals surface area contributed by atoms with Gasteiger partial charge < -0.3 is 0 Å². The summed E-state index contributed by atoms with van der Waals surface area (Å²) in [7, 11) is 0. The van der Waals surface area contributed by atoms with Crippen molar-refractivity contribution in [1.82, 2.24) is 0 Å². The van der Waals surface area contributed by atoms with E-state index < -0.39 is 42.3 Å². The van der Waals surface area contributed by atoms with Gasteiger partial charge in [0, 0.05) is 0 Å². The Morgan fingerprint density at radius 3 is 2.31 bits per heavy atom. The molecular formula is C28H35I4O4-. The summed E-state index contributed by atoms with van der Waals surface area (Å²) >= 11 is 6.81. The second-order valence-electron chi connectivity index (χ2n) is 12.5. The molecule has 200 valence electrons. The third kappa shape index (κ3) is 3.22. The van der Waals surface area contributed by atoms with Crippen LogP contribution in [0.5, 0.6) is 0 Å². The van der Waals surface area contributed by atoms with Gasteiger partial charge in [-0.05, 0) is 0 Å². The third-order valence-corrected chi connectivity index (χ3v) is 20.4. The van der Waals surface area contributed by atoms with Gasteiger partial charge >= 0.3 is 269 Å². The molecule has 0 spiro atoms. The van der Waals surface area contributed by atoms with Gasteiger partial charge in [-0.25, -0.2) is 0 Å². The number of halogens is 4. The van der Waals surface area contributed by atoms with Crippen LogP contribution in [0.25, 0.3) is 0 Å². The van der Waals surface area contributed by atoms with Crippen molar-refractivity contribution in [3.8, 4) is 0 Å². The molecule has 9 unspecified atom stereocenters. The van der Waals surface area contributed by atoms with E-state index in [0.717, 1.165) is 50.5 Å². The molecule has 0 aromatic rings. The normalized spacial score (nSPS) is 52.4. The summed E-state index contributed by atoms with van der Waals surface area (Å²) in [6, 6.07) is 0. The average Bonchev–Trinajstić information content (AvgIpc) is 2.80. The molecule has 4 nitrogen and oxygen atoms in total. The van der Waals surface area contributed by atoms with E-state index in [0.29, 0.717) is 3.79 Å². The Hall–Kier alpha value is 1.21. The van der Waals surface area contributed by atoms with E-state index in [1.165, 1.54) is 0 Å². The van der Waals surface area contributed by atoms with Crippen LogP contribution in [-0.4, -0.2) is 35.7 Å². The van der Waals surface area contributed by atoms with Gasteiger partial charge in [0.25, 0.3) is 0 Å². The number of ketones is 2. The number of allylic oxidation sites excluding steroid dienone is 4. The molecule has 0 bridgehead atoms. The number of aliphatic hydroxyl groups excluding tert-OH is 1. The third-order valence-electron chi connectivity index (χ3n) is 11.1. The summed E-state index contributed by atoms with van der Waals surface area (Å²) in [5, 5.41) is 10.8. The molecule has 1 N–H and O–H groups in total. The Kier molecular flexibility index (Phi) is 7.06. The Morgan fingerprint density at radius 2 is 1.67 bits per heavy atom. The zero-order valence-electron chi connectivity index (χ0n) is 21.5. The molecule has 0 amide bonds. The van der Waals surface area contributed by atoms with Gasteiger partial charge in [-0.15, -0.1) is 0 Å². The van der Waals surface area contributed by atoms with Crippen LogP contribution in [-0.2, 0) is 14.4 Å². The Morgan fingerprint density at radius 1 is 1.03 bits per heavy atom. The number of rotatable bonds is 2. The molecule has 36 heavy (non-hydrogen) atoms. The Balaban J connectivity index is 1.74. The monoisotopic (exact) mass is 943 g/mol. The van der Waals surface area contributed by atoms with Crippen LogP contribution in [0.4, 0.5) is 0 Å². The Labute approximate surface area is 266 Å². The second kappa shape index (κ2) is 8.85. The number of aliphatic hydroxyl groups is 1. The van der Waals surface area contributed by atoms with Crippen molar-refractivity contribution in [3.05, 3.63) is 23.5 Å². The minimum absolute atomic E-state index is 0.0269. The first-order valence-corrected chi connectivity index (χ1v) is 19.4. The molecule has 0 aromatic heterocycles. The fraction of sp³-hybridized carbons (Fsp3) is 0.750. The van der Waals surface area contributed by atoms with Crippen LogP contribution in [0, 0.1) is 34.0 Å². The quantitative estimate of drug-likeness (QED) is 0.259. The van der Waals surface area contributed by atoms with Gasteiger partial charge in [-0.2, -0.15) is 0 Å². The maximum atomic E-state index is 14.6. The fourth-order valence-corrected chi connectivity index (χ4v) is 17.1. The van der Waals surface area contributed by atoms with Crippen LogP contribution in [0.2, 0.25) is 0 Å². The number of hydrogen-bond acceptors (Lipinski definition) is 4. The van der Waals surface area contributed by atoms with Crippen molar-refractivity contribution in [2.75, 3.05) is 4.93 Å². The molecule has 3 fully saturated rings. The summed E-state index contributed by atoms with van der Waals surface area (Å²) < 4.78 is -1.33. The van der Waals surface area contributed by atoms with Crippen LogP contribution in [0.3, 0.4) is 0 Å². The molecule has 0 aromatic carbocycles. The van der Waals surface area contributed by atoms with Crippen molar-refractivity contribution in [1.29, 1.82) is 0 Å². The Bertz CT molecular complexity index is 1130. The number of Topliss-reactive ketones (excluding diaryl/α,β-unsaturated/α-hetero) is 1. The first-order chi connectivity index (χ1) is 16.6. The molecule has 5 aliphatic carbocycles. The van der Waals surface area contributed by atoms with Gasteiger partial charge in [-0.1, -0.05) is 0 Å². The van der Waals surface area contributed by atoms with E-state index in [9.17, 15) is 19.5 Å². The second-order valence-corrected chi connectivity index (χ2v) is 20.2. The van der Waals surface area contributed by atoms with Gasteiger partial charge in [0.2, 0.25) is 0 Å². The van der Waals surface area contributed by atoms with E-state index in [-0.39, 0.29) is 40.5 Å². The predicted octanol–water partition coefficient (Wildman–Crippen LogP) is 3.95. The number of fused-ring (bicyclic) bond motifs is 7. The maximum absolute atomic E-state index is 14.6. The van der Waals surface area contributed by atoms with Crippen molar-refractivity contribution in [3.63, 3.8) is 0 Å².